The number of hydrogen-bond acceptors (Lipinski definition) is 2. The van der Waals surface area contributed by atoms with E-state index < -0.39 is 0 Å². The van der Waals surface area contributed by atoms with E-state index >= 15 is 0 Å². The number of hydrazine groups is 1. The molecule has 3 N–H and O–H groups in total. The lowest BCUT2D eigenvalue weighted by molar-refractivity contribution is 0.292. The highest BCUT2D eigenvalue weighted by molar-refractivity contribution is 4.80. The molecule has 2 nitrogen and oxygen atoms in total. The van der Waals surface area contributed by atoms with Crippen LogP contribution in [0.15, 0.2) is 0 Å². The van der Waals surface area contributed by atoms with Gasteiger partial charge in [-0.05, 0) is 19.8 Å². The van der Waals surface area contributed by atoms with Crippen LogP contribution in [0.3, 0.4) is 0 Å². The van der Waals surface area contributed by atoms with Gasteiger partial charge in [0.2, 0.25) is 0 Å². The van der Waals surface area contributed by atoms with Crippen LogP contribution < -0.4 is 11.3 Å². The van der Waals surface area contributed by atoms with Crippen LogP contribution in [-0.2, 0) is 0 Å². The fraction of sp³-hybridized carbons (Fsp3) is 1.00. The van der Waals surface area contributed by atoms with Crippen LogP contribution in [0.1, 0.15) is 85.0 Å². The second-order valence-corrected chi connectivity index (χ2v) is 5.33. The molecule has 0 amide bonds. The van der Waals surface area contributed by atoms with Crippen molar-refractivity contribution in [1.82, 2.24) is 5.43 Å². The van der Waals surface area contributed by atoms with Gasteiger partial charge in [0, 0.05) is 5.54 Å². The summed E-state index contributed by atoms with van der Waals surface area (Å²) in [7, 11) is 0. The maximum absolute atomic E-state index is 5.68. The van der Waals surface area contributed by atoms with E-state index in [0.717, 1.165) is 0 Å². The van der Waals surface area contributed by atoms with Gasteiger partial charge in [0.1, 0.15) is 0 Å². The summed E-state index contributed by atoms with van der Waals surface area (Å²) in [6.07, 6.45) is 13.1. The largest absolute Gasteiger partial charge is 0.271 e. The molecule has 0 aliphatic heterocycles. The number of rotatable bonds is 11. The molecule has 0 aliphatic carbocycles. The Hall–Kier alpha value is -0.0800. The Morgan fingerprint density at radius 3 is 1.75 bits per heavy atom. The highest BCUT2D eigenvalue weighted by Gasteiger charge is 2.20. The average molecular weight is 228 g/mol. The van der Waals surface area contributed by atoms with Crippen LogP contribution in [0, 0.1) is 0 Å². The maximum atomic E-state index is 5.68. The van der Waals surface area contributed by atoms with Gasteiger partial charge in [-0.1, -0.05) is 65.2 Å². The molecular formula is C14H32N2. The van der Waals surface area contributed by atoms with Crippen LogP contribution in [0.4, 0.5) is 0 Å². The van der Waals surface area contributed by atoms with Gasteiger partial charge >= 0.3 is 0 Å². The Labute approximate surface area is 102 Å². The zero-order chi connectivity index (χ0) is 12.3. The summed E-state index contributed by atoms with van der Waals surface area (Å²) in [5.41, 5.74) is 3.20. The first kappa shape index (κ1) is 15.9. The van der Waals surface area contributed by atoms with E-state index in [9.17, 15) is 0 Å². The third kappa shape index (κ3) is 8.12. The van der Waals surface area contributed by atoms with Crippen LogP contribution in [0.2, 0.25) is 0 Å². The molecule has 0 saturated heterocycles. The minimum absolute atomic E-state index is 0.168. The second kappa shape index (κ2) is 10.1. The smallest absolute Gasteiger partial charge is 0.0293 e. The number of nitrogens with two attached hydrogens (primary N) is 1. The molecule has 0 rings (SSSR count). The highest BCUT2D eigenvalue weighted by atomic mass is 15.3. The third-order valence-electron chi connectivity index (χ3n) is 3.51. The maximum Gasteiger partial charge on any atom is 0.0293 e. The normalized spacial score (nSPS) is 15.0. The molecule has 0 aromatic heterocycles. The van der Waals surface area contributed by atoms with E-state index in [1.165, 1.54) is 64.2 Å². The van der Waals surface area contributed by atoms with Gasteiger partial charge < -0.3 is 0 Å². The average Bonchev–Trinajstić information content (AvgIpc) is 2.29. The second-order valence-electron chi connectivity index (χ2n) is 5.33. The van der Waals surface area contributed by atoms with Crippen LogP contribution >= 0.6 is 0 Å². The van der Waals surface area contributed by atoms with E-state index in [2.05, 4.69) is 26.2 Å². The predicted octanol–water partition coefficient (Wildman–Crippen LogP) is 4.15. The van der Waals surface area contributed by atoms with Crippen LogP contribution in [-0.4, -0.2) is 5.54 Å². The summed E-state index contributed by atoms with van der Waals surface area (Å²) >= 11 is 0. The Bertz CT molecular complexity index is 148. The topological polar surface area (TPSA) is 38.0 Å². The van der Waals surface area contributed by atoms with Crippen LogP contribution in [0.25, 0.3) is 0 Å². The van der Waals surface area contributed by atoms with Gasteiger partial charge in [-0.25, -0.2) is 0 Å². The molecule has 0 aromatic rings. The van der Waals surface area contributed by atoms with Gasteiger partial charge in [-0.2, -0.15) is 0 Å². The molecule has 0 spiro atoms. The van der Waals surface area contributed by atoms with Crippen molar-refractivity contribution in [2.45, 2.75) is 90.5 Å². The lowest BCUT2D eigenvalue weighted by Crippen LogP contribution is -2.46. The summed E-state index contributed by atoms with van der Waals surface area (Å²) in [6.45, 7) is 6.77. The lowest BCUT2D eigenvalue weighted by Gasteiger charge is -2.29. The molecule has 1 unspecified atom stereocenters. The summed E-state index contributed by atoms with van der Waals surface area (Å²) < 4.78 is 0. The molecule has 0 aromatic carbocycles. The summed E-state index contributed by atoms with van der Waals surface area (Å²) in [4.78, 5) is 0. The molecule has 98 valence electrons. The zero-order valence-electron chi connectivity index (χ0n) is 11.6. The number of unbranched alkanes of at least 4 members (excludes halogenated alkanes) is 6. The van der Waals surface area contributed by atoms with Gasteiger partial charge in [0.15, 0.2) is 0 Å². The monoisotopic (exact) mass is 228 g/mol. The SMILES string of the molecule is CCCCCCCC(C)(CCCCC)NN. The Morgan fingerprint density at radius 2 is 1.25 bits per heavy atom. The molecule has 0 heterocycles. The fourth-order valence-electron chi connectivity index (χ4n) is 2.15. The Balaban J connectivity index is 3.61. The molecular weight excluding hydrogens is 196 g/mol. The predicted molar refractivity (Wildman–Crippen MR) is 73.2 cm³/mol. The van der Waals surface area contributed by atoms with Crippen molar-refractivity contribution in [3.63, 3.8) is 0 Å². The van der Waals surface area contributed by atoms with Crippen molar-refractivity contribution >= 4 is 0 Å². The van der Waals surface area contributed by atoms with Crippen LogP contribution in [0.5, 0.6) is 0 Å². The van der Waals surface area contributed by atoms with E-state index in [-0.39, 0.29) is 5.54 Å². The van der Waals surface area contributed by atoms with E-state index in [1.54, 1.807) is 0 Å². The first-order valence-electron chi connectivity index (χ1n) is 7.16. The summed E-state index contributed by atoms with van der Waals surface area (Å²) in [5.74, 6) is 5.68. The number of hydrogen-bond donors (Lipinski definition) is 2. The molecule has 0 bridgehead atoms. The van der Waals surface area contributed by atoms with Crippen molar-refractivity contribution in [3.05, 3.63) is 0 Å². The molecule has 0 saturated carbocycles. The first-order chi connectivity index (χ1) is 7.68. The van der Waals surface area contributed by atoms with Crippen molar-refractivity contribution in [1.29, 1.82) is 0 Å². The van der Waals surface area contributed by atoms with E-state index in [0.29, 0.717) is 0 Å². The lowest BCUT2D eigenvalue weighted by atomic mass is 9.89. The first-order valence-corrected chi connectivity index (χ1v) is 7.16. The highest BCUT2D eigenvalue weighted by Crippen LogP contribution is 2.21. The molecule has 0 radical (unpaired) electrons. The van der Waals surface area contributed by atoms with Gasteiger partial charge in [0.25, 0.3) is 0 Å². The number of nitrogens with one attached hydrogen (secondary N) is 1. The van der Waals surface area contributed by atoms with Crippen molar-refractivity contribution < 1.29 is 0 Å². The summed E-state index contributed by atoms with van der Waals surface area (Å²) in [6, 6.07) is 0. The van der Waals surface area contributed by atoms with Crippen molar-refractivity contribution in [2.75, 3.05) is 0 Å². The fourth-order valence-corrected chi connectivity index (χ4v) is 2.15. The van der Waals surface area contributed by atoms with E-state index in [4.69, 9.17) is 5.84 Å². The quantitative estimate of drug-likeness (QED) is 0.317. The molecule has 2 heteroatoms. The minimum Gasteiger partial charge on any atom is -0.271 e. The van der Waals surface area contributed by atoms with Gasteiger partial charge in [-0.15, -0.1) is 0 Å². The third-order valence-corrected chi connectivity index (χ3v) is 3.51. The Morgan fingerprint density at radius 1 is 0.812 bits per heavy atom. The Kier molecular flexibility index (Phi) is 10.0. The van der Waals surface area contributed by atoms with Gasteiger partial charge in [0.05, 0.1) is 0 Å². The van der Waals surface area contributed by atoms with Crippen molar-refractivity contribution in [3.8, 4) is 0 Å². The minimum atomic E-state index is 0.168. The molecule has 0 aliphatic rings. The standard InChI is InChI=1S/C14H32N2/c1-4-6-8-9-11-13-14(3,16-15)12-10-7-5-2/h16H,4-13,15H2,1-3H3. The van der Waals surface area contributed by atoms with Gasteiger partial charge in [-0.3, -0.25) is 11.3 Å². The van der Waals surface area contributed by atoms with E-state index in [1.807, 2.05) is 0 Å². The summed E-state index contributed by atoms with van der Waals surface area (Å²) in [5, 5.41) is 0. The molecule has 16 heavy (non-hydrogen) atoms. The zero-order valence-corrected chi connectivity index (χ0v) is 11.6. The van der Waals surface area contributed by atoms with Crippen molar-refractivity contribution in [2.24, 2.45) is 5.84 Å². The molecule has 0 fully saturated rings. The molecule has 1 atom stereocenters.